The molecule has 0 saturated heterocycles. The SMILES string of the molecule is O=C1C(Cl)=C(Cl)/C(=N/S(=O)(=O)c2ccccc2)c2ccccc21. The number of nitrogens with zero attached hydrogens (tertiary/aromatic N) is 1. The Morgan fingerprint density at radius 2 is 1.35 bits per heavy atom. The summed E-state index contributed by atoms with van der Waals surface area (Å²) in [5.41, 5.74) is 0.575. The molecular formula is C16H9Cl2NO3S. The highest BCUT2D eigenvalue weighted by atomic mass is 35.5. The van der Waals surface area contributed by atoms with Crippen LogP contribution in [0.3, 0.4) is 0 Å². The number of sulfonamides is 1. The monoisotopic (exact) mass is 365 g/mol. The van der Waals surface area contributed by atoms with Crippen molar-refractivity contribution in [1.82, 2.24) is 0 Å². The third-order valence-electron chi connectivity index (χ3n) is 3.28. The first-order valence-corrected chi connectivity index (χ1v) is 8.71. The first-order valence-electron chi connectivity index (χ1n) is 6.51. The van der Waals surface area contributed by atoms with Crippen LogP contribution < -0.4 is 0 Å². The zero-order valence-corrected chi connectivity index (χ0v) is 13.9. The van der Waals surface area contributed by atoms with Gasteiger partial charge in [-0.05, 0) is 12.1 Å². The van der Waals surface area contributed by atoms with Gasteiger partial charge in [-0.1, -0.05) is 65.7 Å². The molecule has 0 unspecified atom stereocenters. The van der Waals surface area contributed by atoms with Gasteiger partial charge in [0.15, 0.2) is 0 Å². The summed E-state index contributed by atoms with van der Waals surface area (Å²) >= 11 is 12.0. The summed E-state index contributed by atoms with van der Waals surface area (Å²) in [4.78, 5) is 12.2. The number of carbonyl (C=O) groups is 1. The molecule has 0 aliphatic heterocycles. The number of ketones is 1. The van der Waals surface area contributed by atoms with Crippen LogP contribution in [0.25, 0.3) is 0 Å². The van der Waals surface area contributed by atoms with Crippen LogP contribution in [0.4, 0.5) is 0 Å². The second-order valence-corrected chi connectivity index (χ2v) is 7.09. The summed E-state index contributed by atoms with van der Waals surface area (Å²) in [6.07, 6.45) is 0. The number of carbonyl (C=O) groups excluding carboxylic acids is 1. The fourth-order valence-corrected chi connectivity index (χ4v) is 3.69. The molecule has 116 valence electrons. The Bertz CT molecular complexity index is 964. The van der Waals surface area contributed by atoms with Crippen molar-refractivity contribution in [3.63, 3.8) is 0 Å². The van der Waals surface area contributed by atoms with Crippen molar-refractivity contribution >= 4 is 44.7 Å². The van der Waals surface area contributed by atoms with Crippen molar-refractivity contribution in [2.24, 2.45) is 4.40 Å². The molecule has 3 rings (SSSR count). The Morgan fingerprint density at radius 3 is 2.00 bits per heavy atom. The van der Waals surface area contributed by atoms with E-state index in [2.05, 4.69) is 4.40 Å². The summed E-state index contributed by atoms with van der Waals surface area (Å²) in [6, 6.07) is 14.2. The van der Waals surface area contributed by atoms with E-state index in [1.165, 1.54) is 12.1 Å². The molecule has 2 aromatic carbocycles. The van der Waals surface area contributed by atoms with E-state index >= 15 is 0 Å². The normalized spacial score (nSPS) is 16.6. The molecule has 0 aromatic heterocycles. The van der Waals surface area contributed by atoms with Crippen molar-refractivity contribution in [3.05, 3.63) is 75.8 Å². The second kappa shape index (κ2) is 5.92. The topological polar surface area (TPSA) is 63.6 Å². The number of allylic oxidation sites excluding steroid dienone is 2. The summed E-state index contributed by atoms with van der Waals surface area (Å²) in [5, 5.41) is -0.415. The molecule has 0 heterocycles. The molecule has 0 amide bonds. The predicted octanol–water partition coefficient (Wildman–Crippen LogP) is 3.75. The maximum Gasteiger partial charge on any atom is 0.282 e. The van der Waals surface area contributed by atoms with Gasteiger partial charge in [0.05, 0.1) is 9.93 Å². The molecule has 7 heteroatoms. The van der Waals surface area contributed by atoms with Crippen LogP contribution in [0.1, 0.15) is 15.9 Å². The zero-order valence-electron chi connectivity index (χ0n) is 11.5. The largest absolute Gasteiger partial charge is 0.288 e. The van der Waals surface area contributed by atoms with Crippen molar-refractivity contribution < 1.29 is 13.2 Å². The lowest BCUT2D eigenvalue weighted by Gasteiger charge is -2.17. The Morgan fingerprint density at radius 1 is 0.783 bits per heavy atom. The molecule has 0 saturated carbocycles. The van der Waals surface area contributed by atoms with Crippen molar-refractivity contribution in [2.45, 2.75) is 4.90 Å². The summed E-state index contributed by atoms with van der Waals surface area (Å²) < 4.78 is 28.7. The fraction of sp³-hybridized carbons (Fsp3) is 0. The standard InChI is InChI=1S/C16H9Cl2NO3S/c17-13-14(18)16(20)12-9-5-4-8-11(12)15(13)19-23(21,22)10-6-2-1-3-7-10/h1-9H/b19-15+. The number of rotatable bonds is 2. The van der Waals surface area contributed by atoms with Crippen LogP contribution in [0.5, 0.6) is 0 Å². The molecule has 0 radical (unpaired) electrons. The first-order chi connectivity index (χ1) is 10.9. The summed E-state index contributed by atoms with van der Waals surface area (Å²) in [6.45, 7) is 0. The van der Waals surface area contributed by atoms with Crippen molar-refractivity contribution in [2.75, 3.05) is 0 Å². The zero-order chi connectivity index (χ0) is 16.6. The number of fused-ring (bicyclic) bond motifs is 1. The van der Waals surface area contributed by atoms with E-state index in [0.717, 1.165) is 0 Å². The highest BCUT2D eigenvalue weighted by Gasteiger charge is 2.30. The van der Waals surface area contributed by atoms with E-state index < -0.39 is 15.8 Å². The van der Waals surface area contributed by atoms with E-state index in [0.29, 0.717) is 5.56 Å². The van der Waals surface area contributed by atoms with Gasteiger partial charge in [-0.15, -0.1) is 0 Å². The molecule has 1 aliphatic rings. The number of halogens is 2. The molecule has 0 atom stereocenters. The average Bonchev–Trinajstić information content (AvgIpc) is 2.57. The van der Waals surface area contributed by atoms with Gasteiger partial charge in [0.2, 0.25) is 5.78 Å². The molecule has 2 aromatic rings. The predicted molar refractivity (Wildman–Crippen MR) is 89.7 cm³/mol. The number of hydrogen-bond acceptors (Lipinski definition) is 3. The maximum atomic E-state index is 12.4. The van der Waals surface area contributed by atoms with Gasteiger partial charge >= 0.3 is 0 Å². The Labute approximate surface area is 143 Å². The van der Waals surface area contributed by atoms with Crippen LogP contribution in [0, 0.1) is 0 Å². The molecule has 0 fully saturated rings. The van der Waals surface area contributed by atoms with Gasteiger partial charge in [-0.25, -0.2) is 0 Å². The van der Waals surface area contributed by atoms with Crippen LogP contribution in [-0.2, 0) is 10.0 Å². The van der Waals surface area contributed by atoms with E-state index in [1.807, 2.05) is 0 Å². The Kier molecular flexibility index (Phi) is 4.10. The minimum absolute atomic E-state index is 0.0301. The maximum absolute atomic E-state index is 12.4. The lowest BCUT2D eigenvalue weighted by atomic mass is 9.94. The molecule has 23 heavy (non-hydrogen) atoms. The van der Waals surface area contributed by atoms with Crippen molar-refractivity contribution in [3.8, 4) is 0 Å². The third kappa shape index (κ3) is 2.83. The minimum Gasteiger partial charge on any atom is -0.288 e. The summed E-state index contributed by atoms with van der Waals surface area (Å²) in [5.74, 6) is -0.455. The number of benzene rings is 2. The molecular weight excluding hydrogens is 357 g/mol. The van der Waals surface area contributed by atoms with Crippen LogP contribution >= 0.6 is 23.2 Å². The lowest BCUT2D eigenvalue weighted by molar-refractivity contribution is 0.104. The molecule has 0 spiro atoms. The van der Waals surface area contributed by atoms with Gasteiger partial charge in [-0.2, -0.15) is 12.8 Å². The van der Waals surface area contributed by atoms with Crippen LogP contribution in [0.2, 0.25) is 0 Å². The minimum atomic E-state index is -3.98. The third-order valence-corrected chi connectivity index (χ3v) is 5.40. The number of hydrogen-bond donors (Lipinski definition) is 0. The number of Topliss-reactive ketones (excluding diaryl/α,β-unsaturated/α-hetero) is 1. The van der Waals surface area contributed by atoms with E-state index in [4.69, 9.17) is 23.2 Å². The molecule has 4 nitrogen and oxygen atoms in total. The van der Waals surface area contributed by atoms with Crippen molar-refractivity contribution in [1.29, 1.82) is 0 Å². The highest BCUT2D eigenvalue weighted by Crippen LogP contribution is 2.32. The average molecular weight is 366 g/mol. The highest BCUT2D eigenvalue weighted by molar-refractivity contribution is 7.90. The lowest BCUT2D eigenvalue weighted by Crippen LogP contribution is -2.19. The van der Waals surface area contributed by atoms with Crippen LogP contribution in [-0.4, -0.2) is 19.9 Å². The summed E-state index contributed by atoms with van der Waals surface area (Å²) in [7, 11) is -3.98. The first kappa shape index (κ1) is 15.9. The molecule has 0 N–H and O–H groups in total. The van der Waals surface area contributed by atoms with Gasteiger partial charge in [0, 0.05) is 11.1 Å². The van der Waals surface area contributed by atoms with E-state index in [1.54, 1.807) is 42.5 Å². The smallest absolute Gasteiger partial charge is 0.282 e. The Hall–Kier alpha value is -1.95. The van der Waals surface area contributed by atoms with Gasteiger partial charge in [0.1, 0.15) is 10.7 Å². The molecule has 1 aliphatic carbocycles. The quantitative estimate of drug-likeness (QED) is 0.813. The van der Waals surface area contributed by atoms with E-state index in [9.17, 15) is 13.2 Å². The fourth-order valence-electron chi connectivity index (χ4n) is 2.18. The second-order valence-electron chi connectivity index (χ2n) is 4.73. The van der Waals surface area contributed by atoms with E-state index in [-0.39, 0.29) is 26.2 Å². The molecule has 0 bridgehead atoms. The van der Waals surface area contributed by atoms with Gasteiger partial charge in [0.25, 0.3) is 10.0 Å². The van der Waals surface area contributed by atoms with Gasteiger partial charge in [-0.3, -0.25) is 4.79 Å². The Balaban J connectivity index is 2.24. The van der Waals surface area contributed by atoms with Crippen LogP contribution in [0.15, 0.2) is 74.0 Å². The van der Waals surface area contributed by atoms with Gasteiger partial charge < -0.3 is 0 Å².